The van der Waals surface area contributed by atoms with E-state index in [-0.39, 0.29) is 4.90 Å². The van der Waals surface area contributed by atoms with Crippen molar-refractivity contribution < 1.29 is 17.9 Å². The fourth-order valence-electron chi connectivity index (χ4n) is 4.22. The Labute approximate surface area is 192 Å². The molecule has 3 aromatic rings. The first kappa shape index (κ1) is 22.7. The zero-order valence-electron chi connectivity index (χ0n) is 18.6. The molecule has 2 aromatic carbocycles. The second-order valence-electron chi connectivity index (χ2n) is 8.49. The number of methoxy groups -OCH3 is 1. The highest BCUT2D eigenvalue weighted by Crippen LogP contribution is 2.27. The van der Waals surface area contributed by atoms with Crippen LogP contribution >= 0.6 is 11.3 Å². The van der Waals surface area contributed by atoms with E-state index in [1.54, 1.807) is 11.4 Å². The van der Waals surface area contributed by atoms with Gasteiger partial charge in [0.15, 0.2) is 4.80 Å². The van der Waals surface area contributed by atoms with E-state index < -0.39 is 15.9 Å². The van der Waals surface area contributed by atoms with E-state index in [4.69, 9.17) is 4.74 Å². The van der Waals surface area contributed by atoms with E-state index >= 15 is 0 Å². The maximum Gasteiger partial charge on any atom is 0.279 e. The number of thiazole rings is 1. The van der Waals surface area contributed by atoms with E-state index in [0.29, 0.717) is 35.3 Å². The minimum Gasteiger partial charge on any atom is -0.497 e. The quantitative estimate of drug-likeness (QED) is 0.579. The van der Waals surface area contributed by atoms with Gasteiger partial charge in [-0.05, 0) is 60.7 Å². The molecule has 1 aromatic heterocycles. The molecule has 1 amide bonds. The summed E-state index contributed by atoms with van der Waals surface area (Å²) in [7, 11) is -0.117. The average molecular weight is 474 g/mol. The van der Waals surface area contributed by atoms with Gasteiger partial charge in [-0.1, -0.05) is 25.2 Å². The summed E-state index contributed by atoms with van der Waals surface area (Å²) < 4.78 is 35.7. The summed E-state index contributed by atoms with van der Waals surface area (Å²) in [5.74, 6) is 0.986. The molecule has 0 N–H and O–H groups in total. The summed E-state index contributed by atoms with van der Waals surface area (Å²) in [6.07, 6.45) is 1.03. The Kier molecular flexibility index (Phi) is 6.24. The van der Waals surface area contributed by atoms with Crippen LogP contribution in [0.15, 0.2) is 52.4 Å². The molecular formula is C23H27N3O4S2. The van der Waals surface area contributed by atoms with Crippen LogP contribution in [-0.4, -0.2) is 43.4 Å². The largest absolute Gasteiger partial charge is 0.497 e. The minimum absolute atomic E-state index is 0.204. The van der Waals surface area contributed by atoms with Crippen molar-refractivity contribution in [3.8, 4) is 5.75 Å². The van der Waals surface area contributed by atoms with E-state index in [2.05, 4.69) is 18.8 Å². The van der Waals surface area contributed by atoms with Crippen molar-refractivity contribution in [2.75, 3.05) is 20.2 Å². The van der Waals surface area contributed by atoms with Crippen molar-refractivity contribution in [1.29, 1.82) is 0 Å². The summed E-state index contributed by atoms with van der Waals surface area (Å²) in [5.41, 5.74) is 1.30. The van der Waals surface area contributed by atoms with Gasteiger partial charge in [0, 0.05) is 25.7 Å². The molecule has 1 aliphatic heterocycles. The predicted octanol–water partition coefficient (Wildman–Crippen LogP) is 3.66. The first-order chi connectivity index (χ1) is 15.2. The van der Waals surface area contributed by atoms with Gasteiger partial charge in [0.1, 0.15) is 5.75 Å². The Morgan fingerprint density at radius 3 is 2.38 bits per heavy atom. The number of hydrogen-bond acceptors (Lipinski definition) is 5. The average Bonchev–Trinajstić information content (AvgIpc) is 3.07. The van der Waals surface area contributed by atoms with Crippen molar-refractivity contribution in [2.24, 2.45) is 23.9 Å². The lowest BCUT2D eigenvalue weighted by Crippen LogP contribution is -2.42. The van der Waals surface area contributed by atoms with Crippen LogP contribution in [0.5, 0.6) is 5.75 Å². The molecule has 32 heavy (non-hydrogen) atoms. The summed E-state index contributed by atoms with van der Waals surface area (Å²) >= 11 is 1.40. The van der Waals surface area contributed by atoms with Gasteiger partial charge in [-0.3, -0.25) is 4.79 Å². The van der Waals surface area contributed by atoms with Crippen LogP contribution in [0, 0.1) is 11.8 Å². The number of rotatable bonds is 4. The van der Waals surface area contributed by atoms with Gasteiger partial charge in [0.25, 0.3) is 5.91 Å². The molecule has 0 spiro atoms. The molecule has 0 saturated carbocycles. The smallest absolute Gasteiger partial charge is 0.279 e. The highest BCUT2D eigenvalue weighted by Gasteiger charge is 2.31. The third-order valence-electron chi connectivity index (χ3n) is 5.79. The lowest BCUT2D eigenvalue weighted by molar-refractivity contribution is 0.0998. The standard InChI is InChI=1S/C23H27N3O4S2/c1-15-11-16(2)14-26(13-15)32(28,29)19-8-5-17(6-9-19)22(27)24-23-25(3)20-10-7-18(30-4)12-21(20)31-23/h5-10,12,15-16H,11,13-14H2,1-4H3/t15-,16+. The first-order valence-corrected chi connectivity index (χ1v) is 12.8. The molecule has 0 bridgehead atoms. The number of carbonyl (C=O) groups excluding carboxylic acids is 1. The molecule has 0 aliphatic carbocycles. The SMILES string of the molecule is COc1ccc2c(c1)sc(=NC(=O)c1ccc(S(=O)(=O)N3C[C@H](C)C[C@H](C)C3)cc1)n2C. The number of sulfonamides is 1. The summed E-state index contributed by atoms with van der Waals surface area (Å²) in [5, 5.41) is 0. The third kappa shape index (κ3) is 4.37. The van der Waals surface area contributed by atoms with Gasteiger partial charge in [0.05, 0.1) is 22.2 Å². The molecule has 2 atom stereocenters. The van der Waals surface area contributed by atoms with Crippen molar-refractivity contribution >= 4 is 37.5 Å². The van der Waals surface area contributed by atoms with Crippen molar-refractivity contribution in [2.45, 2.75) is 25.2 Å². The van der Waals surface area contributed by atoms with Crippen LogP contribution in [0.2, 0.25) is 0 Å². The Morgan fingerprint density at radius 2 is 1.75 bits per heavy atom. The van der Waals surface area contributed by atoms with E-state index in [1.807, 2.05) is 29.8 Å². The Morgan fingerprint density at radius 1 is 1.09 bits per heavy atom. The Balaban J connectivity index is 1.60. The Bertz CT molecular complexity index is 1310. The van der Waals surface area contributed by atoms with Crippen molar-refractivity contribution in [1.82, 2.24) is 8.87 Å². The molecule has 1 fully saturated rings. The Hall–Kier alpha value is -2.49. The third-order valence-corrected chi connectivity index (χ3v) is 8.73. The number of hydrogen-bond donors (Lipinski definition) is 0. The molecule has 0 unspecified atom stereocenters. The van der Waals surface area contributed by atoms with Gasteiger partial charge >= 0.3 is 0 Å². The number of piperidine rings is 1. The van der Waals surface area contributed by atoms with Crippen LogP contribution in [0.25, 0.3) is 10.2 Å². The molecule has 2 heterocycles. The van der Waals surface area contributed by atoms with Crippen LogP contribution in [-0.2, 0) is 17.1 Å². The molecule has 7 nitrogen and oxygen atoms in total. The number of aromatic nitrogens is 1. The second-order valence-corrected chi connectivity index (χ2v) is 11.4. The van der Waals surface area contributed by atoms with Crippen molar-refractivity contribution in [3.63, 3.8) is 0 Å². The topological polar surface area (TPSA) is 81.0 Å². The van der Waals surface area contributed by atoms with Crippen LogP contribution in [0.4, 0.5) is 0 Å². The molecule has 4 rings (SSSR count). The molecule has 9 heteroatoms. The summed E-state index contributed by atoms with van der Waals surface area (Å²) in [6.45, 7) is 5.20. The second kappa shape index (κ2) is 8.80. The fourth-order valence-corrected chi connectivity index (χ4v) is 6.94. The summed E-state index contributed by atoms with van der Waals surface area (Å²) in [6, 6.07) is 11.8. The van der Waals surface area contributed by atoms with Gasteiger partial charge in [0.2, 0.25) is 10.0 Å². The summed E-state index contributed by atoms with van der Waals surface area (Å²) in [4.78, 5) is 17.8. The molecule has 1 saturated heterocycles. The monoisotopic (exact) mass is 473 g/mol. The number of fused-ring (bicyclic) bond motifs is 1. The first-order valence-electron chi connectivity index (χ1n) is 10.5. The van der Waals surface area contributed by atoms with E-state index in [9.17, 15) is 13.2 Å². The lowest BCUT2D eigenvalue weighted by atomic mass is 9.94. The van der Waals surface area contributed by atoms with Gasteiger partial charge in [-0.2, -0.15) is 9.30 Å². The lowest BCUT2D eigenvalue weighted by Gasteiger charge is -2.34. The number of aryl methyl sites for hydroxylation is 1. The molecule has 170 valence electrons. The van der Waals surface area contributed by atoms with Gasteiger partial charge < -0.3 is 9.30 Å². The van der Waals surface area contributed by atoms with Gasteiger partial charge in [-0.15, -0.1) is 0 Å². The molecule has 1 aliphatic rings. The van der Waals surface area contributed by atoms with E-state index in [1.165, 1.54) is 35.6 Å². The number of benzene rings is 2. The van der Waals surface area contributed by atoms with Crippen LogP contribution in [0.3, 0.4) is 0 Å². The normalized spacial score (nSPS) is 20.6. The minimum atomic E-state index is -3.58. The number of amides is 1. The predicted molar refractivity (Wildman–Crippen MR) is 125 cm³/mol. The maximum absolute atomic E-state index is 13.1. The molecule has 0 radical (unpaired) electrons. The van der Waals surface area contributed by atoms with Crippen LogP contribution in [0.1, 0.15) is 30.6 Å². The number of nitrogens with zero attached hydrogens (tertiary/aromatic N) is 3. The van der Waals surface area contributed by atoms with Crippen molar-refractivity contribution in [3.05, 3.63) is 52.8 Å². The highest BCUT2D eigenvalue weighted by molar-refractivity contribution is 7.89. The van der Waals surface area contributed by atoms with E-state index in [0.717, 1.165) is 22.4 Å². The zero-order valence-corrected chi connectivity index (χ0v) is 20.2. The maximum atomic E-state index is 13.1. The van der Waals surface area contributed by atoms with Crippen LogP contribution < -0.4 is 9.54 Å². The van der Waals surface area contributed by atoms with Gasteiger partial charge in [-0.25, -0.2) is 8.42 Å². The number of carbonyl (C=O) groups is 1. The number of ether oxygens (including phenoxy) is 1. The molecular weight excluding hydrogens is 446 g/mol. The zero-order chi connectivity index (χ0) is 23.0. The fraction of sp³-hybridized carbons (Fsp3) is 0.391. The highest BCUT2D eigenvalue weighted by atomic mass is 32.2.